The Morgan fingerprint density at radius 3 is 2.47 bits per heavy atom. The summed E-state index contributed by atoms with van der Waals surface area (Å²) < 4.78 is 17.8. The lowest BCUT2D eigenvalue weighted by atomic mass is 10.1. The molecule has 0 aliphatic heterocycles. The van der Waals surface area contributed by atoms with Gasteiger partial charge in [-0.15, -0.1) is 0 Å². The van der Waals surface area contributed by atoms with Gasteiger partial charge in [-0.05, 0) is 75.2 Å². The molecule has 1 N–H and O–H groups in total. The van der Waals surface area contributed by atoms with Gasteiger partial charge in [0.15, 0.2) is 6.61 Å². The predicted molar refractivity (Wildman–Crippen MR) is 145 cm³/mol. The molecule has 1 amide bonds. The first-order valence-electron chi connectivity index (χ1n) is 10.7. The van der Waals surface area contributed by atoms with Gasteiger partial charge >= 0.3 is 5.97 Å². The average molecular weight is 612 g/mol. The highest BCUT2D eigenvalue weighted by Gasteiger charge is 2.12. The highest BCUT2D eigenvalue weighted by molar-refractivity contribution is 9.11. The van der Waals surface area contributed by atoms with Crippen LogP contribution in [-0.4, -0.2) is 31.8 Å². The van der Waals surface area contributed by atoms with E-state index in [-0.39, 0.29) is 12.4 Å². The molecule has 0 saturated carbocycles. The van der Waals surface area contributed by atoms with Gasteiger partial charge in [-0.1, -0.05) is 46.3 Å². The zero-order chi connectivity index (χ0) is 25.5. The second-order valence-electron chi connectivity index (χ2n) is 7.48. The minimum absolute atomic E-state index is 0.230. The first kappa shape index (κ1) is 25.4. The molecule has 0 aromatic heterocycles. The summed E-state index contributed by atoms with van der Waals surface area (Å²) in [5.41, 5.74) is 3.28. The van der Waals surface area contributed by atoms with Gasteiger partial charge in [0, 0.05) is 10.0 Å². The number of nitrogens with zero attached hydrogens (tertiary/aromatic N) is 1. The third-order valence-electron chi connectivity index (χ3n) is 5.08. The first-order valence-corrected chi connectivity index (χ1v) is 12.3. The van der Waals surface area contributed by atoms with E-state index in [0.717, 1.165) is 19.7 Å². The van der Waals surface area contributed by atoms with Crippen molar-refractivity contribution < 1.29 is 23.8 Å². The Morgan fingerprint density at radius 1 is 0.944 bits per heavy atom. The van der Waals surface area contributed by atoms with Gasteiger partial charge in [-0.3, -0.25) is 4.79 Å². The molecule has 4 aromatic carbocycles. The van der Waals surface area contributed by atoms with Crippen LogP contribution in [0.2, 0.25) is 0 Å². The summed E-state index contributed by atoms with van der Waals surface area (Å²) >= 11 is 6.93. The summed E-state index contributed by atoms with van der Waals surface area (Å²) in [5, 5.41) is 6.03. The number of carbonyl (C=O) groups excluding carboxylic acids is 2. The maximum absolute atomic E-state index is 12.6. The van der Waals surface area contributed by atoms with Crippen molar-refractivity contribution in [2.75, 3.05) is 13.7 Å². The second kappa shape index (κ2) is 11.8. The number of halogens is 2. The molecule has 0 spiro atoms. The topological polar surface area (TPSA) is 86.2 Å². The Balaban J connectivity index is 1.38. The molecule has 4 aromatic rings. The minimum Gasteiger partial charge on any atom is -0.497 e. The number of ether oxygens (including phenoxy) is 3. The van der Waals surface area contributed by atoms with E-state index in [1.165, 1.54) is 6.21 Å². The Hall–Kier alpha value is -3.69. The van der Waals surface area contributed by atoms with Gasteiger partial charge in [-0.25, -0.2) is 10.2 Å². The van der Waals surface area contributed by atoms with E-state index in [1.54, 1.807) is 55.6 Å². The van der Waals surface area contributed by atoms with E-state index >= 15 is 0 Å². The largest absolute Gasteiger partial charge is 0.497 e. The van der Waals surface area contributed by atoms with Crippen LogP contribution in [0.4, 0.5) is 0 Å². The van der Waals surface area contributed by atoms with E-state index < -0.39 is 11.9 Å². The summed E-state index contributed by atoms with van der Waals surface area (Å²) in [6.07, 6.45) is 1.39. The van der Waals surface area contributed by atoms with Gasteiger partial charge in [-0.2, -0.15) is 5.10 Å². The fourth-order valence-electron chi connectivity index (χ4n) is 3.27. The zero-order valence-electron chi connectivity index (χ0n) is 19.0. The summed E-state index contributed by atoms with van der Waals surface area (Å²) in [4.78, 5) is 24.8. The third-order valence-corrected chi connectivity index (χ3v) is 6.39. The summed E-state index contributed by atoms with van der Waals surface area (Å²) in [6.45, 7) is -0.230. The highest BCUT2D eigenvalue weighted by atomic mass is 79.9. The number of amides is 1. The van der Waals surface area contributed by atoms with Crippen molar-refractivity contribution in [1.29, 1.82) is 0 Å². The molecular formula is C27H20Br2N2O5. The molecule has 9 heteroatoms. The molecular weight excluding hydrogens is 592 g/mol. The van der Waals surface area contributed by atoms with Crippen LogP contribution < -0.4 is 19.6 Å². The van der Waals surface area contributed by atoms with Crippen molar-refractivity contribution >= 4 is 60.7 Å². The van der Waals surface area contributed by atoms with Crippen molar-refractivity contribution in [1.82, 2.24) is 5.43 Å². The number of esters is 1. The van der Waals surface area contributed by atoms with Crippen LogP contribution in [0.25, 0.3) is 10.8 Å². The molecule has 0 aliphatic rings. The van der Waals surface area contributed by atoms with E-state index in [4.69, 9.17) is 14.2 Å². The average Bonchev–Trinajstić information content (AvgIpc) is 2.90. The quantitative estimate of drug-likeness (QED) is 0.112. The van der Waals surface area contributed by atoms with Crippen LogP contribution in [0.15, 0.2) is 92.9 Å². The number of hydrazone groups is 1. The molecule has 0 unspecified atom stereocenters. The van der Waals surface area contributed by atoms with Crippen molar-refractivity contribution in [2.24, 2.45) is 5.10 Å². The smallest absolute Gasteiger partial charge is 0.343 e. The zero-order valence-corrected chi connectivity index (χ0v) is 22.2. The molecule has 7 nitrogen and oxygen atoms in total. The van der Waals surface area contributed by atoms with Gasteiger partial charge in [0.25, 0.3) is 5.91 Å². The molecule has 36 heavy (non-hydrogen) atoms. The predicted octanol–water partition coefficient (Wildman–Crippen LogP) is 6.12. The Bertz CT molecular complexity index is 1440. The lowest BCUT2D eigenvalue weighted by molar-refractivity contribution is -0.123. The Morgan fingerprint density at radius 2 is 1.69 bits per heavy atom. The Kier molecular flexibility index (Phi) is 8.35. The fourth-order valence-corrected chi connectivity index (χ4v) is 4.26. The fraction of sp³-hybridized carbons (Fsp3) is 0.0741. The number of methoxy groups -OCH3 is 1. The lowest BCUT2D eigenvalue weighted by Gasteiger charge is -2.10. The number of rotatable bonds is 8. The number of fused-ring (bicyclic) bond motifs is 1. The molecule has 0 heterocycles. The molecule has 0 atom stereocenters. The van der Waals surface area contributed by atoms with Crippen molar-refractivity contribution in [2.45, 2.75) is 0 Å². The molecule has 4 rings (SSSR count). The molecule has 0 saturated heterocycles. The summed E-state index contributed by atoms with van der Waals surface area (Å²) in [7, 11) is 1.55. The molecule has 0 bridgehead atoms. The maximum atomic E-state index is 12.6. The van der Waals surface area contributed by atoms with Crippen molar-refractivity contribution in [3.63, 3.8) is 0 Å². The lowest BCUT2D eigenvalue weighted by Crippen LogP contribution is -2.24. The second-order valence-corrected chi connectivity index (χ2v) is 9.19. The third kappa shape index (κ3) is 6.30. The van der Waals surface area contributed by atoms with E-state index in [2.05, 4.69) is 42.4 Å². The van der Waals surface area contributed by atoms with E-state index in [1.807, 2.05) is 30.3 Å². The summed E-state index contributed by atoms with van der Waals surface area (Å²) in [5.74, 6) is 0.489. The number of nitrogens with one attached hydrogen (secondary N) is 1. The van der Waals surface area contributed by atoms with Crippen LogP contribution in [0, 0.1) is 0 Å². The van der Waals surface area contributed by atoms with Crippen LogP contribution in [0.1, 0.15) is 15.9 Å². The van der Waals surface area contributed by atoms with Gasteiger partial charge in [0.05, 0.1) is 23.4 Å². The van der Waals surface area contributed by atoms with Crippen molar-refractivity contribution in [3.8, 4) is 17.2 Å². The number of hydrogen-bond acceptors (Lipinski definition) is 6. The first-order chi connectivity index (χ1) is 17.4. The van der Waals surface area contributed by atoms with Gasteiger partial charge < -0.3 is 14.2 Å². The summed E-state index contributed by atoms with van der Waals surface area (Å²) in [6, 6.07) is 23.2. The Labute approximate surface area is 224 Å². The standard InChI is InChI=1S/C27H20Br2N2O5/c1-34-21-10-6-18(7-11-21)27(33)36-23-13-9-20(28)14-19(23)15-30-31-25(32)16-35-24-12-8-17-4-2-3-5-22(17)26(24)29/h2-15H,16H2,1H3,(H,31,32)/b30-15+. The van der Waals surface area contributed by atoms with E-state index in [9.17, 15) is 9.59 Å². The van der Waals surface area contributed by atoms with Gasteiger partial charge in [0.2, 0.25) is 0 Å². The monoisotopic (exact) mass is 610 g/mol. The van der Waals surface area contributed by atoms with E-state index in [0.29, 0.717) is 22.6 Å². The molecule has 0 aliphatic carbocycles. The maximum Gasteiger partial charge on any atom is 0.343 e. The molecule has 0 radical (unpaired) electrons. The minimum atomic E-state index is -0.534. The number of benzene rings is 4. The van der Waals surface area contributed by atoms with Crippen LogP contribution >= 0.6 is 31.9 Å². The van der Waals surface area contributed by atoms with Crippen molar-refractivity contribution in [3.05, 3.63) is 98.9 Å². The van der Waals surface area contributed by atoms with Gasteiger partial charge in [0.1, 0.15) is 17.2 Å². The number of hydrogen-bond donors (Lipinski definition) is 1. The van der Waals surface area contributed by atoms with Crippen LogP contribution in [-0.2, 0) is 4.79 Å². The highest BCUT2D eigenvalue weighted by Crippen LogP contribution is 2.33. The normalized spacial score (nSPS) is 10.9. The number of carbonyl (C=O) groups is 2. The van der Waals surface area contributed by atoms with Crippen LogP contribution in [0.3, 0.4) is 0 Å². The SMILES string of the molecule is COc1ccc(C(=O)Oc2ccc(Br)cc2/C=N/NC(=O)COc2ccc3ccccc3c2Br)cc1. The van der Waals surface area contributed by atoms with Crippen LogP contribution in [0.5, 0.6) is 17.2 Å². The molecule has 0 fully saturated rings. The molecule has 182 valence electrons.